The van der Waals surface area contributed by atoms with Gasteiger partial charge in [-0.1, -0.05) is 30.3 Å². The van der Waals surface area contributed by atoms with Crippen molar-refractivity contribution in [3.63, 3.8) is 0 Å². The second kappa shape index (κ2) is 5.42. The molecule has 2 unspecified atom stereocenters. The van der Waals surface area contributed by atoms with Crippen LogP contribution in [0.4, 0.5) is 8.78 Å². The second-order valence-corrected chi connectivity index (χ2v) is 5.38. The molecular weight excluding hydrogens is 278 g/mol. The third-order valence-electron chi connectivity index (χ3n) is 4.10. The third-order valence-corrected chi connectivity index (χ3v) is 4.10. The highest BCUT2D eigenvalue weighted by molar-refractivity contribution is 5.98. The van der Waals surface area contributed by atoms with Gasteiger partial charge in [-0.25, -0.2) is 8.78 Å². The number of fused-ring (bicyclic) bond motifs is 1. The molecule has 0 aliphatic carbocycles. The number of hydrogen-bond acceptors (Lipinski definition) is 2. The van der Waals surface area contributed by atoms with Crippen molar-refractivity contribution in [1.82, 2.24) is 9.80 Å². The van der Waals surface area contributed by atoms with E-state index in [0.717, 1.165) is 11.3 Å². The fourth-order valence-corrected chi connectivity index (χ4v) is 3.20. The number of carbonyl (C=O) groups excluding carboxylic acids is 2. The Bertz CT molecular complexity index is 550. The van der Waals surface area contributed by atoms with E-state index >= 15 is 0 Å². The minimum absolute atomic E-state index is 0.246. The first-order valence-corrected chi connectivity index (χ1v) is 7.03. The molecule has 21 heavy (non-hydrogen) atoms. The molecule has 0 bridgehead atoms. The standard InChI is InChI=1S/C15H16F2N2O2/c16-12(17)9-19-13(10-5-2-1-3-6-10)15(21)18-8-4-7-11(18)14(19)20/h1-3,5-6,11-13H,4,7-9H2. The molecule has 2 aliphatic heterocycles. The Morgan fingerprint density at radius 3 is 2.52 bits per heavy atom. The summed E-state index contributed by atoms with van der Waals surface area (Å²) >= 11 is 0. The molecule has 2 saturated heterocycles. The predicted octanol–water partition coefficient (Wildman–Crippen LogP) is 1.83. The highest BCUT2D eigenvalue weighted by Gasteiger charge is 2.48. The second-order valence-electron chi connectivity index (χ2n) is 5.38. The number of nitrogens with zero attached hydrogens (tertiary/aromatic N) is 2. The van der Waals surface area contributed by atoms with Gasteiger partial charge in [0.15, 0.2) is 0 Å². The lowest BCUT2D eigenvalue weighted by molar-refractivity contribution is -0.161. The smallest absolute Gasteiger partial charge is 0.255 e. The molecule has 2 atom stereocenters. The van der Waals surface area contributed by atoms with Crippen LogP contribution in [0.5, 0.6) is 0 Å². The van der Waals surface area contributed by atoms with Gasteiger partial charge in [-0.05, 0) is 18.4 Å². The van der Waals surface area contributed by atoms with Crippen molar-refractivity contribution in [1.29, 1.82) is 0 Å². The number of amides is 2. The quantitative estimate of drug-likeness (QED) is 0.853. The summed E-state index contributed by atoms with van der Waals surface area (Å²) in [6, 6.07) is 7.18. The average Bonchev–Trinajstić information content (AvgIpc) is 2.95. The van der Waals surface area contributed by atoms with Gasteiger partial charge >= 0.3 is 0 Å². The first-order chi connectivity index (χ1) is 10.1. The van der Waals surface area contributed by atoms with Gasteiger partial charge in [0, 0.05) is 6.54 Å². The molecule has 0 N–H and O–H groups in total. The van der Waals surface area contributed by atoms with Crippen LogP contribution >= 0.6 is 0 Å². The summed E-state index contributed by atoms with van der Waals surface area (Å²) in [5, 5.41) is 0. The zero-order chi connectivity index (χ0) is 15.0. The Kier molecular flexibility index (Phi) is 3.61. The fraction of sp³-hybridized carbons (Fsp3) is 0.467. The van der Waals surface area contributed by atoms with Gasteiger partial charge in [0.05, 0.1) is 6.54 Å². The molecule has 112 valence electrons. The molecule has 0 radical (unpaired) electrons. The Hall–Kier alpha value is -1.98. The lowest BCUT2D eigenvalue weighted by atomic mass is 9.98. The zero-order valence-corrected chi connectivity index (χ0v) is 11.4. The normalized spacial score (nSPS) is 25.7. The minimum Gasteiger partial charge on any atom is -0.329 e. The van der Waals surface area contributed by atoms with E-state index in [0.29, 0.717) is 18.5 Å². The molecule has 4 nitrogen and oxygen atoms in total. The van der Waals surface area contributed by atoms with Gasteiger partial charge in [0.25, 0.3) is 12.3 Å². The topological polar surface area (TPSA) is 40.6 Å². The Morgan fingerprint density at radius 1 is 1.14 bits per heavy atom. The van der Waals surface area contributed by atoms with Crippen LogP contribution in [-0.4, -0.2) is 47.2 Å². The first kappa shape index (κ1) is 14.0. The van der Waals surface area contributed by atoms with E-state index in [-0.39, 0.29) is 11.8 Å². The Balaban J connectivity index is 2.00. The molecule has 0 aromatic heterocycles. The zero-order valence-electron chi connectivity index (χ0n) is 11.4. The summed E-state index contributed by atoms with van der Waals surface area (Å²) in [7, 11) is 0. The maximum atomic E-state index is 12.8. The van der Waals surface area contributed by atoms with Gasteiger partial charge in [-0.15, -0.1) is 0 Å². The number of alkyl halides is 2. The highest BCUT2D eigenvalue weighted by atomic mass is 19.3. The summed E-state index contributed by atoms with van der Waals surface area (Å²) in [5.41, 5.74) is 0.585. The first-order valence-electron chi connectivity index (χ1n) is 7.03. The van der Waals surface area contributed by atoms with Crippen molar-refractivity contribution in [2.75, 3.05) is 13.1 Å². The number of piperazine rings is 1. The molecule has 6 heteroatoms. The minimum atomic E-state index is -2.65. The molecule has 2 aliphatic rings. The van der Waals surface area contributed by atoms with Gasteiger partial charge < -0.3 is 9.80 Å². The number of carbonyl (C=O) groups is 2. The number of hydrogen-bond donors (Lipinski definition) is 0. The Labute approximate surface area is 121 Å². The lowest BCUT2D eigenvalue weighted by Gasteiger charge is -2.42. The van der Waals surface area contributed by atoms with Crippen LogP contribution in [0, 0.1) is 0 Å². The largest absolute Gasteiger partial charge is 0.329 e. The molecule has 0 saturated carbocycles. The number of benzene rings is 1. The molecule has 2 fully saturated rings. The highest BCUT2D eigenvalue weighted by Crippen LogP contribution is 2.34. The van der Waals surface area contributed by atoms with Crippen molar-refractivity contribution in [3.8, 4) is 0 Å². The molecule has 0 spiro atoms. The van der Waals surface area contributed by atoms with Crippen molar-refractivity contribution in [3.05, 3.63) is 35.9 Å². The number of halogens is 2. The summed E-state index contributed by atoms with van der Waals surface area (Å²) < 4.78 is 25.7. The third kappa shape index (κ3) is 2.39. The molecule has 2 amide bonds. The van der Waals surface area contributed by atoms with E-state index in [1.165, 1.54) is 0 Å². The predicted molar refractivity (Wildman–Crippen MR) is 71.6 cm³/mol. The van der Waals surface area contributed by atoms with E-state index in [2.05, 4.69) is 0 Å². The maximum Gasteiger partial charge on any atom is 0.255 e. The van der Waals surface area contributed by atoms with E-state index in [1.807, 2.05) is 0 Å². The van der Waals surface area contributed by atoms with Crippen molar-refractivity contribution >= 4 is 11.8 Å². The van der Waals surface area contributed by atoms with Gasteiger partial charge in [0.1, 0.15) is 12.1 Å². The van der Waals surface area contributed by atoms with E-state index in [1.54, 1.807) is 35.2 Å². The van der Waals surface area contributed by atoms with Gasteiger partial charge in [-0.2, -0.15) is 0 Å². The summed E-state index contributed by atoms with van der Waals surface area (Å²) in [5.74, 6) is -0.606. The molecular formula is C15H16F2N2O2. The molecule has 1 aromatic rings. The van der Waals surface area contributed by atoms with E-state index in [9.17, 15) is 18.4 Å². The van der Waals surface area contributed by atoms with Gasteiger partial charge in [-0.3, -0.25) is 9.59 Å². The molecule has 1 aromatic carbocycles. The Morgan fingerprint density at radius 2 is 1.86 bits per heavy atom. The summed E-state index contributed by atoms with van der Waals surface area (Å²) in [6.07, 6.45) is -1.35. The van der Waals surface area contributed by atoms with Crippen LogP contribution in [0.25, 0.3) is 0 Å². The van der Waals surface area contributed by atoms with Crippen LogP contribution < -0.4 is 0 Å². The van der Waals surface area contributed by atoms with Crippen molar-refractivity contribution < 1.29 is 18.4 Å². The van der Waals surface area contributed by atoms with E-state index < -0.39 is 25.1 Å². The van der Waals surface area contributed by atoms with Gasteiger partial charge in [0.2, 0.25) is 5.91 Å². The lowest BCUT2D eigenvalue weighted by Crippen LogP contribution is -2.59. The van der Waals surface area contributed by atoms with Crippen molar-refractivity contribution in [2.24, 2.45) is 0 Å². The molecule has 3 rings (SSSR count). The number of rotatable bonds is 3. The van der Waals surface area contributed by atoms with Crippen LogP contribution in [0.1, 0.15) is 24.4 Å². The van der Waals surface area contributed by atoms with Crippen LogP contribution in [0.15, 0.2) is 30.3 Å². The molecule has 2 heterocycles. The average molecular weight is 294 g/mol. The summed E-state index contributed by atoms with van der Waals surface area (Å²) in [6.45, 7) is -0.171. The van der Waals surface area contributed by atoms with Crippen LogP contribution in [-0.2, 0) is 9.59 Å². The SMILES string of the molecule is O=C1C(c2ccccc2)N(CC(F)F)C(=O)C2CCCN12. The maximum absolute atomic E-state index is 12.8. The van der Waals surface area contributed by atoms with Crippen LogP contribution in [0.3, 0.4) is 0 Å². The summed E-state index contributed by atoms with van der Waals surface area (Å²) in [4.78, 5) is 27.7. The van der Waals surface area contributed by atoms with E-state index in [4.69, 9.17) is 0 Å². The van der Waals surface area contributed by atoms with Crippen molar-refractivity contribution in [2.45, 2.75) is 31.4 Å². The monoisotopic (exact) mass is 294 g/mol. The van der Waals surface area contributed by atoms with Crippen LogP contribution in [0.2, 0.25) is 0 Å². The fourth-order valence-electron chi connectivity index (χ4n) is 3.20.